The first-order chi connectivity index (χ1) is 4.84. The number of rotatable bonds is 1. The first kappa shape index (κ1) is 5.52. The summed E-state index contributed by atoms with van der Waals surface area (Å²) in [5.41, 5.74) is 1.28. The van der Waals surface area contributed by atoms with Crippen LogP contribution < -0.4 is 0 Å². The van der Waals surface area contributed by atoms with Gasteiger partial charge in [-0.25, -0.2) is 0 Å². The van der Waals surface area contributed by atoms with Crippen LogP contribution in [0, 0.1) is 5.92 Å². The van der Waals surface area contributed by atoms with Crippen LogP contribution in [0.1, 0.15) is 40.4 Å². The summed E-state index contributed by atoms with van der Waals surface area (Å²) in [7, 11) is 0. The Morgan fingerprint density at radius 2 is 2.11 bits per heavy atom. The summed E-state index contributed by atoms with van der Waals surface area (Å²) in [5, 5.41) is 0. The SMILES string of the molecule is [2H]/C=C(/C)C1CCCCC1. The van der Waals surface area contributed by atoms with Gasteiger partial charge in [0.15, 0.2) is 0 Å². The van der Waals surface area contributed by atoms with Crippen molar-refractivity contribution in [2.45, 2.75) is 39.0 Å². The quantitative estimate of drug-likeness (QED) is 0.472. The largest absolute Gasteiger partial charge is 0.0999 e. The fourth-order valence-corrected chi connectivity index (χ4v) is 1.56. The first-order valence-corrected chi connectivity index (χ1v) is 3.89. The van der Waals surface area contributed by atoms with Gasteiger partial charge in [0.05, 0.1) is 1.37 Å². The molecule has 0 saturated heterocycles. The van der Waals surface area contributed by atoms with E-state index in [0.717, 1.165) is 5.92 Å². The van der Waals surface area contributed by atoms with Gasteiger partial charge < -0.3 is 0 Å². The maximum Gasteiger partial charge on any atom is 0.0537 e. The van der Waals surface area contributed by atoms with Gasteiger partial charge in [0.2, 0.25) is 0 Å². The number of hydrogen-bond donors (Lipinski definition) is 0. The molecule has 1 fully saturated rings. The van der Waals surface area contributed by atoms with E-state index < -0.39 is 0 Å². The van der Waals surface area contributed by atoms with Gasteiger partial charge in [0.1, 0.15) is 0 Å². The maximum absolute atomic E-state index is 7.08. The normalized spacial score (nSPS) is 25.9. The second kappa shape index (κ2) is 3.05. The fraction of sp³-hybridized carbons (Fsp3) is 0.778. The lowest BCUT2D eigenvalue weighted by Gasteiger charge is -2.21. The molecule has 0 spiro atoms. The molecule has 0 bridgehead atoms. The molecular formula is C9H16. The highest BCUT2D eigenvalue weighted by atomic mass is 14.2. The highest BCUT2D eigenvalue weighted by Crippen LogP contribution is 2.27. The Labute approximate surface area is 59.4 Å². The van der Waals surface area contributed by atoms with Gasteiger partial charge in [-0.05, 0) is 25.7 Å². The molecule has 0 heteroatoms. The molecule has 0 heterocycles. The van der Waals surface area contributed by atoms with Crippen molar-refractivity contribution >= 4 is 0 Å². The average Bonchev–Trinajstić information content (AvgIpc) is 2.05. The van der Waals surface area contributed by atoms with E-state index in [0.29, 0.717) is 0 Å². The third-order valence-corrected chi connectivity index (χ3v) is 2.25. The van der Waals surface area contributed by atoms with E-state index in [2.05, 4.69) is 6.92 Å². The molecule has 0 nitrogen and oxygen atoms in total. The minimum atomic E-state index is 0.742. The Balaban J connectivity index is 2.39. The molecule has 1 rings (SSSR count). The molecule has 0 aromatic heterocycles. The Morgan fingerprint density at radius 1 is 1.44 bits per heavy atom. The average molecular weight is 125 g/mol. The zero-order chi connectivity index (χ0) is 7.40. The topological polar surface area (TPSA) is 0 Å². The Hall–Kier alpha value is -0.260. The van der Waals surface area contributed by atoms with Crippen molar-refractivity contribution in [3.8, 4) is 0 Å². The van der Waals surface area contributed by atoms with Crippen LogP contribution in [0.15, 0.2) is 12.1 Å². The van der Waals surface area contributed by atoms with Crippen molar-refractivity contribution in [2.75, 3.05) is 0 Å². The minimum Gasteiger partial charge on any atom is -0.0999 e. The number of allylic oxidation sites excluding steroid dienone is 1. The second-order valence-corrected chi connectivity index (χ2v) is 3.08. The van der Waals surface area contributed by atoms with Crippen molar-refractivity contribution in [2.24, 2.45) is 5.92 Å². The molecule has 0 atom stereocenters. The van der Waals surface area contributed by atoms with Crippen LogP contribution in [0.4, 0.5) is 0 Å². The summed E-state index contributed by atoms with van der Waals surface area (Å²) in [4.78, 5) is 0. The third kappa shape index (κ3) is 1.85. The Kier molecular flexibility index (Phi) is 1.87. The lowest BCUT2D eigenvalue weighted by molar-refractivity contribution is 0.404. The van der Waals surface area contributed by atoms with Crippen LogP contribution in [0.2, 0.25) is 0 Å². The summed E-state index contributed by atoms with van der Waals surface area (Å²) >= 11 is 0. The minimum absolute atomic E-state index is 0.742. The van der Waals surface area contributed by atoms with E-state index >= 15 is 0 Å². The highest BCUT2D eigenvalue weighted by molar-refractivity contribution is 4.96. The van der Waals surface area contributed by atoms with Crippen molar-refractivity contribution in [1.82, 2.24) is 0 Å². The van der Waals surface area contributed by atoms with Crippen LogP contribution in [0.25, 0.3) is 0 Å². The van der Waals surface area contributed by atoms with Gasteiger partial charge in [-0.15, -0.1) is 0 Å². The summed E-state index contributed by atoms with van der Waals surface area (Å²) < 4.78 is 7.08. The van der Waals surface area contributed by atoms with Crippen LogP contribution in [-0.2, 0) is 0 Å². The molecule has 0 aliphatic heterocycles. The third-order valence-electron chi connectivity index (χ3n) is 2.25. The van der Waals surface area contributed by atoms with E-state index in [1.807, 2.05) is 0 Å². The van der Waals surface area contributed by atoms with Crippen molar-refractivity contribution in [1.29, 1.82) is 0 Å². The summed E-state index contributed by atoms with van der Waals surface area (Å²) in [6.07, 6.45) is 6.79. The molecule has 0 N–H and O–H groups in total. The molecule has 9 heavy (non-hydrogen) atoms. The second-order valence-electron chi connectivity index (χ2n) is 3.08. The standard InChI is InChI=1S/C9H16/c1-8(2)9-6-4-3-5-7-9/h9H,1,3-7H2,2H3/i1D/b8-1-. The molecule has 1 aliphatic rings. The molecule has 1 saturated carbocycles. The Morgan fingerprint density at radius 3 is 2.67 bits per heavy atom. The van der Waals surface area contributed by atoms with Crippen molar-refractivity contribution < 1.29 is 1.37 Å². The van der Waals surface area contributed by atoms with E-state index in [1.54, 1.807) is 0 Å². The van der Waals surface area contributed by atoms with Gasteiger partial charge in [-0.1, -0.05) is 31.4 Å². The van der Waals surface area contributed by atoms with Gasteiger partial charge >= 0.3 is 0 Å². The highest BCUT2D eigenvalue weighted by Gasteiger charge is 2.12. The van der Waals surface area contributed by atoms with Crippen LogP contribution in [0.5, 0.6) is 0 Å². The van der Waals surface area contributed by atoms with Crippen molar-refractivity contribution in [3.63, 3.8) is 0 Å². The molecule has 0 aromatic carbocycles. The number of hydrogen-bond acceptors (Lipinski definition) is 0. The molecule has 0 amide bonds. The molecule has 0 unspecified atom stereocenters. The molecule has 0 radical (unpaired) electrons. The van der Waals surface area contributed by atoms with Crippen LogP contribution in [-0.4, -0.2) is 0 Å². The van der Waals surface area contributed by atoms with E-state index in [1.165, 1.54) is 44.2 Å². The molecule has 1 aliphatic carbocycles. The molecule has 52 valence electrons. The van der Waals surface area contributed by atoms with Gasteiger partial charge in [-0.3, -0.25) is 0 Å². The molecule has 0 aromatic rings. The van der Waals surface area contributed by atoms with Crippen LogP contribution in [0.3, 0.4) is 0 Å². The zero-order valence-electron chi connectivity index (χ0n) is 7.19. The van der Waals surface area contributed by atoms with Gasteiger partial charge in [0.25, 0.3) is 0 Å². The zero-order valence-corrected chi connectivity index (χ0v) is 6.19. The van der Waals surface area contributed by atoms with E-state index in [-0.39, 0.29) is 0 Å². The summed E-state index contributed by atoms with van der Waals surface area (Å²) in [6, 6.07) is 0. The van der Waals surface area contributed by atoms with Crippen LogP contribution >= 0.6 is 0 Å². The monoisotopic (exact) mass is 125 g/mol. The first-order valence-electron chi connectivity index (χ1n) is 4.47. The lowest BCUT2D eigenvalue weighted by atomic mass is 9.85. The van der Waals surface area contributed by atoms with Gasteiger partial charge in [0, 0.05) is 0 Å². The molecular weight excluding hydrogens is 108 g/mol. The predicted molar refractivity (Wildman–Crippen MR) is 41.4 cm³/mol. The smallest absolute Gasteiger partial charge is 0.0537 e. The lowest BCUT2D eigenvalue weighted by Crippen LogP contribution is -2.05. The summed E-state index contributed by atoms with van der Waals surface area (Å²) in [5.74, 6) is 0.742. The van der Waals surface area contributed by atoms with Gasteiger partial charge in [-0.2, -0.15) is 0 Å². The maximum atomic E-state index is 7.08. The summed E-state index contributed by atoms with van der Waals surface area (Å²) in [6.45, 7) is 3.61. The fourth-order valence-electron chi connectivity index (χ4n) is 1.56. The Bertz CT molecular complexity index is 121. The predicted octanol–water partition coefficient (Wildman–Crippen LogP) is 3.14. The van der Waals surface area contributed by atoms with E-state index in [4.69, 9.17) is 1.37 Å². The van der Waals surface area contributed by atoms with E-state index in [9.17, 15) is 0 Å². The van der Waals surface area contributed by atoms with Crippen molar-refractivity contribution in [3.05, 3.63) is 12.1 Å².